The normalized spacial score (nSPS) is 13.2. The molecule has 9 nitrogen and oxygen atoms in total. The van der Waals surface area contributed by atoms with Crippen molar-refractivity contribution < 1.29 is 42.9 Å². The van der Waals surface area contributed by atoms with E-state index in [1.165, 1.54) is 135 Å². The highest BCUT2D eigenvalue weighted by Crippen LogP contribution is 2.17. The second-order valence-corrected chi connectivity index (χ2v) is 19.5. The Morgan fingerprint density at radius 2 is 0.864 bits per heavy atom. The van der Waals surface area contributed by atoms with Crippen molar-refractivity contribution in [3.05, 3.63) is 48.6 Å². The lowest BCUT2D eigenvalue weighted by molar-refractivity contribution is -0.870. The van der Waals surface area contributed by atoms with E-state index in [2.05, 4.69) is 62.5 Å². The van der Waals surface area contributed by atoms with Gasteiger partial charge in [-0.25, -0.2) is 4.79 Å². The van der Waals surface area contributed by atoms with Crippen molar-refractivity contribution in [3.63, 3.8) is 0 Å². The molecule has 0 aromatic carbocycles. The Hall–Kier alpha value is -2.75. The van der Waals surface area contributed by atoms with Gasteiger partial charge in [-0.15, -0.1) is 0 Å². The second kappa shape index (κ2) is 48.7. The fraction of sp³-hybridized carbons (Fsp3) is 0.807. The number of carbonyl (C=O) groups is 3. The van der Waals surface area contributed by atoms with Crippen molar-refractivity contribution in [2.45, 2.75) is 251 Å². The number of allylic oxidation sites excluding steroid dienone is 8. The van der Waals surface area contributed by atoms with Crippen LogP contribution < -0.4 is 0 Å². The molecule has 384 valence electrons. The van der Waals surface area contributed by atoms with Crippen molar-refractivity contribution in [1.82, 2.24) is 0 Å². The molecule has 0 aliphatic heterocycles. The molecule has 0 aliphatic carbocycles. The van der Waals surface area contributed by atoms with E-state index in [9.17, 15) is 19.5 Å². The lowest BCUT2D eigenvalue weighted by Gasteiger charge is -2.25. The van der Waals surface area contributed by atoms with Gasteiger partial charge in [0.15, 0.2) is 6.10 Å². The average molecular weight is 931 g/mol. The Kier molecular flexibility index (Phi) is 46.7. The van der Waals surface area contributed by atoms with Crippen LogP contribution in [0.4, 0.5) is 0 Å². The summed E-state index contributed by atoms with van der Waals surface area (Å²) in [5.74, 6) is -2.03. The van der Waals surface area contributed by atoms with Gasteiger partial charge in [-0.2, -0.15) is 0 Å². The van der Waals surface area contributed by atoms with Crippen molar-refractivity contribution >= 4 is 17.9 Å². The van der Waals surface area contributed by atoms with E-state index in [0.717, 1.165) is 70.6 Å². The maximum absolute atomic E-state index is 12.8. The summed E-state index contributed by atoms with van der Waals surface area (Å²) >= 11 is 0. The second-order valence-electron chi connectivity index (χ2n) is 19.5. The minimum atomic E-state index is -1.52. The zero-order valence-corrected chi connectivity index (χ0v) is 43.6. The Balaban J connectivity index is 4.26. The average Bonchev–Trinajstić information content (AvgIpc) is 3.28. The first-order valence-electron chi connectivity index (χ1n) is 27.3. The third kappa shape index (κ3) is 49.2. The molecule has 2 atom stereocenters. The van der Waals surface area contributed by atoms with Gasteiger partial charge in [-0.3, -0.25) is 9.59 Å². The van der Waals surface area contributed by atoms with Gasteiger partial charge in [-0.1, -0.05) is 223 Å². The van der Waals surface area contributed by atoms with Gasteiger partial charge in [0.05, 0.1) is 34.4 Å². The summed E-state index contributed by atoms with van der Waals surface area (Å²) in [6.45, 7) is 4.76. The number of esters is 2. The van der Waals surface area contributed by atoms with Crippen LogP contribution in [-0.2, 0) is 33.3 Å². The number of ether oxygens (including phenoxy) is 4. The first-order chi connectivity index (χ1) is 32.1. The number of nitrogens with zero attached hydrogens (tertiary/aromatic N) is 1. The summed E-state index contributed by atoms with van der Waals surface area (Å²) in [7, 11) is 5.96. The molecule has 0 amide bonds. The molecule has 9 heteroatoms. The molecular weight excluding hydrogens is 827 g/mol. The van der Waals surface area contributed by atoms with E-state index < -0.39 is 24.3 Å². The third-order valence-corrected chi connectivity index (χ3v) is 11.8. The van der Waals surface area contributed by atoms with Crippen LogP contribution in [0.2, 0.25) is 0 Å². The van der Waals surface area contributed by atoms with Crippen LogP contribution in [0.3, 0.4) is 0 Å². The highest BCUT2D eigenvalue weighted by atomic mass is 16.7. The Bertz CT molecular complexity index is 1220. The molecule has 0 aromatic rings. The quantitative estimate of drug-likeness (QED) is 0.0211. The van der Waals surface area contributed by atoms with Gasteiger partial charge < -0.3 is 28.5 Å². The lowest BCUT2D eigenvalue weighted by atomic mass is 10.0. The third-order valence-electron chi connectivity index (χ3n) is 11.8. The van der Waals surface area contributed by atoms with E-state index in [1.54, 1.807) is 0 Å². The van der Waals surface area contributed by atoms with Crippen LogP contribution in [0.25, 0.3) is 0 Å². The van der Waals surface area contributed by atoms with Crippen LogP contribution in [-0.4, -0.2) is 87.4 Å². The fourth-order valence-electron chi connectivity index (χ4n) is 7.65. The number of quaternary nitrogens is 1. The van der Waals surface area contributed by atoms with Gasteiger partial charge >= 0.3 is 17.9 Å². The van der Waals surface area contributed by atoms with E-state index >= 15 is 0 Å². The van der Waals surface area contributed by atoms with Crippen molar-refractivity contribution in [2.24, 2.45) is 0 Å². The molecule has 0 heterocycles. The van der Waals surface area contributed by atoms with Crippen molar-refractivity contribution in [2.75, 3.05) is 47.5 Å². The number of hydrogen-bond donors (Lipinski definition) is 1. The lowest BCUT2D eigenvalue weighted by Crippen LogP contribution is -2.40. The highest BCUT2D eigenvalue weighted by molar-refractivity contribution is 5.71. The Morgan fingerprint density at radius 3 is 1.29 bits per heavy atom. The molecular formula is C57H104NO8+. The molecule has 0 fully saturated rings. The summed E-state index contributed by atoms with van der Waals surface area (Å²) in [6.07, 6.45) is 56.2. The molecule has 0 saturated carbocycles. The first-order valence-corrected chi connectivity index (χ1v) is 27.3. The number of carbonyl (C=O) groups excluding carboxylic acids is 2. The molecule has 0 spiro atoms. The SMILES string of the molecule is CC/C=C\C/C=C\C/C=C\C/C=C\CCCCCCC(=O)OC(COC(=O)CCCCCCCCCCCCCCCCCCCCCCCCCC)COC(OCC[N+](C)(C)C)C(=O)O. The van der Waals surface area contributed by atoms with Crippen molar-refractivity contribution in [3.8, 4) is 0 Å². The fourth-order valence-corrected chi connectivity index (χ4v) is 7.65. The van der Waals surface area contributed by atoms with Crippen LogP contribution in [0.15, 0.2) is 48.6 Å². The summed E-state index contributed by atoms with van der Waals surface area (Å²) in [6, 6.07) is 0. The maximum atomic E-state index is 12.8. The van der Waals surface area contributed by atoms with E-state index in [0.29, 0.717) is 23.9 Å². The molecule has 0 aliphatic rings. The van der Waals surface area contributed by atoms with Crippen LogP contribution in [0, 0.1) is 0 Å². The minimum Gasteiger partial charge on any atom is -0.477 e. The zero-order valence-electron chi connectivity index (χ0n) is 43.6. The highest BCUT2D eigenvalue weighted by Gasteiger charge is 2.25. The van der Waals surface area contributed by atoms with Gasteiger partial charge in [-0.05, 0) is 51.4 Å². The first kappa shape index (κ1) is 63.2. The predicted molar refractivity (Wildman–Crippen MR) is 277 cm³/mol. The van der Waals surface area contributed by atoms with Gasteiger partial charge in [0, 0.05) is 12.8 Å². The van der Waals surface area contributed by atoms with Gasteiger partial charge in [0.25, 0.3) is 6.29 Å². The smallest absolute Gasteiger partial charge is 0.361 e. The maximum Gasteiger partial charge on any atom is 0.361 e. The number of carboxylic acids is 1. The largest absolute Gasteiger partial charge is 0.477 e. The van der Waals surface area contributed by atoms with E-state index in [1.807, 2.05) is 21.1 Å². The molecule has 0 aromatic heterocycles. The van der Waals surface area contributed by atoms with E-state index in [-0.39, 0.29) is 32.2 Å². The Labute approximate surface area is 406 Å². The molecule has 66 heavy (non-hydrogen) atoms. The van der Waals surface area contributed by atoms with Gasteiger partial charge in [0.1, 0.15) is 13.2 Å². The molecule has 0 saturated heterocycles. The molecule has 0 rings (SSSR count). The van der Waals surface area contributed by atoms with Crippen molar-refractivity contribution in [1.29, 1.82) is 0 Å². The molecule has 2 unspecified atom stereocenters. The topological polar surface area (TPSA) is 108 Å². The number of unbranched alkanes of at least 4 members (excludes halogenated alkanes) is 27. The zero-order chi connectivity index (χ0) is 48.4. The number of likely N-dealkylation sites (N-methyl/N-ethyl adjacent to an activating group) is 1. The monoisotopic (exact) mass is 931 g/mol. The number of hydrogen-bond acceptors (Lipinski definition) is 7. The molecule has 0 radical (unpaired) electrons. The van der Waals surface area contributed by atoms with Crippen LogP contribution in [0.5, 0.6) is 0 Å². The van der Waals surface area contributed by atoms with Gasteiger partial charge in [0.2, 0.25) is 0 Å². The number of carboxylic acid groups (broad SMARTS) is 1. The predicted octanol–water partition coefficient (Wildman–Crippen LogP) is 15.5. The summed E-state index contributed by atoms with van der Waals surface area (Å²) < 4.78 is 22.8. The minimum absolute atomic E-state index is 0.182. The number of rotatable bonds is 50. The number of aliphatic carboxylic acids is 1. The standard InChI is InChI=1S/C57H103NO8/c1-6-8-10-12-14-16-18-20-22-24-25-26-27-28-29-30-32-33-35-37-39-41-43-45-47-54(59)64-51-53(52-65-57(56(61)62)63-50-49-58(3,4)5)66-55(60)48-46-44-42-40-38-36-34-31-23-21-19-17-15-13-11-9-7-2/h9,11,15,17,21,23,34,36,53,57H,6-8,10,12-14,16,18-20,22,24-33,35,37-52H2,1-5H3/p+1/b11-9-,17-15-,23-21-,36-34-. The van der Waals surface area contributed by atoms with E-state index in [4.69, 9.17) is 18.9 Å². The summed E-state index contributed by atoms with van der Waals surface area (Å²) in [5.41, 5.74) is 0. The molecule has 0 bridgehead atoms. The summed E-state index contributed by atoms with van der Waals surface area (Å²) in [4.78, 5) is 37.3. The Morgan fingerprint density at radius 1 is 0.470 bits per heavy atom. The van der Waals surface area contributed by atoms with Crippen LogP contribution in [0.1, 0.15) is 239 Å². The van der Waals surface area contributed by atoms with Crippen LogP contribution >= 0.6 is 0 Å². The molecule has 1 N–H and O–H groups in total. The summed E-state index contributed by atoms with van der Waals surface area (Å²) in [5, 5.41) is 9.68.